The average molecular weight is 309 g/mol. The molecule has 0 unspecified atom stereocenters. The average Bonchev–Trinajstić information content (AvgIpc) is 2.48. The normalized spacial score (nSPS) is 11.4. The molecule has 112 valence electrons. The van der Waals surface area contributed by atoms with Crippen LogP contribution in [0.25, 0.3) is 0 Å². The SMILES string of the molecule is CN(c1ccc(F)cc1)S(=O)(=O)Cc1ccc(CO)cc1. The standard InChI is InChI=1S/C15H16FNO3S/c1-17(15-8-6-14(16)7-9-15)21(19,20)11-13-4-2-12(10-18)3-5-13/h2-9,18H,10-11H2,1H3. The first kappa shape index (κ1) is 15.5. The zero-order valence-electron chi connectivity index (χ0n) is 11.5. The second kappa shape index (κ2) is 6.24. The van der Waals surface area contributed by atoms with E-state index < -0.39 is 15.8 Å². The minimum absolute atomic E-state index is 0.0808. The molecule has 0 bridgehead atoms. The van der Waals surface area contributed by atoms with Crippen LogP contribution in [0.5, 0.6) is 0 Å². The van der Waals surface area contributed by atoms with E-state index in [1.807, 2.05) is 0 Å². The molecule has 0 atom stereocenters. The molecule has 0 radical (unpaired) electrons. The number of anilines is 1. The zero-order valence-corrected chi connectivity index (χ0v) is 12.3. The summed E-state index contributed by atoms with van der Waals surface area (Å²) in [6, 6.07) is 12.0. The fraction of sp³-hybridized carbons (Fsp3) is 0.200. The molecular weight excluding hydrogens is 293 g/mol. The number of sulfonamides is 1. The summed E-state index contributed by atoms with van der Waals surface area (Å²) in [5.74, 6) is -0.573. The van der Waals surface area contributed by atoms with Crippen LogP contribution in [0.3, 0.4) is 0 Å². The van der Waals surface area contributed by atoms with E-state index in [0.717, 1.165) is 9.87 Å². The van der Waals surface area contributed by atoms with Gasteiger partial charge in [0.05, 0.1) is 18.0 Å². The molecule has 0 spiro atoms. The Morgan fingerprint density at radius 2 is 1.52 bits per heavy atom. The maximum Gasteiger partial charge on any atom is 0.239 e. The van der Waals surface area contributed by atoms with Crippen LogP contribution < -0.4 is 4.31 Å². The number of aliphatic hydroxyl groups is 1. The maximum absolute atomic E-state index is 12.9. The number of rotatable bonds is 5. The van der Waals surface area contributed by atoms with Gasteiger partial charge in [-0.3, -0.25) is 4.31 Å². The summed E-state index contributed by atoms with van der Waals surface area (Å²) in [6.45, 7) is -0.0808. The van der Waals surface area contributed by atoms with E-state index in [1.165, 1.54) is 31.3 Å². The van der Waals surface area contributed by atoms with Crippen LogP contribution in [-0.4, -0.2) is 20.6 Å². The number of aliphatic hydroxyl groups excluding tert-OH is 1. The van der Waals surface area contributed by atoms with E-state index in [0.29, 0.717) is 11.3 Å². The van der Waals surface area contributed by atoms with E-state index in [2.05, 4.69) is 0 Å². The Hall–Kier alpha value is -1.92. The number of benzene rings is 2. The molecule has 1 N–H and O–H groups in total. The first-order valence-electron chi connectivity index (χ1n) is 6.33. The number of halogens is 1. The number of hydrogen-bond donors (Lipinski definition) is 1. The van der Waals surface area contributed by atoms with Crippen molar-refractivity contribution in [3.8, 4) is 0 Å². The molecule has 6 heteroatoms. The van der Waals surface area contributed by atoms with Gasteiger partial charge in [-0.1, -0.05) is 24.3 Å². The molecule has 0 aliphatic rings. The first-order valence-corrected chi connectivity index (χ1v) is 7.94. The fourth-order valence-corrected chi connectivity index (χ4v) is 3.11. The number of hydrogen-bond acceptors (Lipinski definition) is 3. The third-order valence-corrected chi connectivity index (χ3v) is 4.91. The van der Waals surface area contributed by atoms with E-state index in [4.69, 9.17) is 5.11 Å². The zero-order chi connectivity index (χ0) is 15.5. The van der Waals surface area contributed by atoms with E-state index in [9.17, 15) is 12.8 Å². The molecule has 0 saturated heterocycles. The monoisotopic (exact) mass is 309 g/mol. The second-order valence-electron chi connectivity index (χ2n) is 4.67. The summed E-state index contributed by atoms with van der Waals surface area (Å²) in [6.07, 6.45) is 0. The Balaban J connectivity index is 2.18. The van der Waals surface area contributed by atoms with Crippen molar-refractivity contribution >= 4 is 15.7 Å². The Labute approximate surface area is 123 Å². The van der Waals surface area contributed by atoms with Crippen LogP contribution in [0, 0.1) is 5.82 Å². The maximum atomic E-state index is 12.9. The van der Waals surface area contributed by atoms with Crippen molar-refractivity contribution in [2.45, 2.75) is 12.4 Å². The third kappa shape index (κ3) is 3.80. The summed E-state index contributed by atoms with van der Waals surface area (Å²) in [7, 11) is -2.12. The van der Waals surface area contributed by atoms with Gasteiger partial charge in [0.25, 0.3) is 0 Å². The van der Waals surface area contributed by atoms with Crippen LogP contribution in [0.1, 0.15) is 11.1 Å². The summed E-state index contributed by atoms with van der Waals surface area (Å²) in [5.41, 5.74) is 1.76. The van der Waals surface area contributed by atoms with Crippen molar-refractivity contribution in [1.82, 2.24) is 0 Å². The quantitative estimate of drug-likeness (QED) is 0.922. The van der Waals surface area contributed by atoms with Crippen molar-refractivity contribution in [3.63, 3.8) is 0 Å². The van der Waals surface area contributed by atoms with Gasteiger partial charge in [-0.2, -0.15) is 0 Å². The topological polar surface area (TPSA) is 57.6 Å². The van der Waals surface area contributed by atoms with Crippen LogP contribution in [0.15, 0.2) is 48.5 Å². The summed E-state index contributed by atoms with van der Waals surface area (Å²) in [4.78, 5) is 0. The lowest BCUT2D eigenvalue weighted by molar-refractivity contribution is 0.282. The number of nitrogens with zero attached hydrogens (tertiary/aromatic N) is 1. The molecule has 2 aromatic carbocycles. The third-order valence-electron chi connectivity index (χ3n) is 3.16. The lowest BCUT2D eigenvalue weighted by atomic mass is 10.2. The molecule has 2 aromatic rings. The summed E-state index contributed by atoms with van der Waals surface area (Å²) < 4.78 is 38.7. The Kier molecular flexibility index (Phi) is 4.59. The van der Waals surface area contributed by atoms with Crippen LogP contribution in [0.2, 0.25) is 0 Å². The molecule has 0 amide bonds. The predicted octanol–water partition coefficient (Wildman–Crippen LogP) is 2.28. The van der Waals surface area contributed by atoms with Crippen molar-refractivity contribution in [2.75, 3.05) is 11.4 Å². The molecule has 0 aliphatic carbocycles. The molecule has 0 aliphatic heterocycles. The van der Waals surface area contributed by atoms with Gasteiger partial charge in [0, 0.05) is 7.05 Å². The molecule has 0 saturated carbocycles. The highest BCUT2D eigenvalue weighted by Gasteiger charge is 2.19. The minimum Gasteiger partial charge on any atom is -0.392 e. The Bertz CT molecular complexity index is 697. The lowest BCUT2D eigenvalue weighted by Crippen LogP contribution is -2.27. The van der Waals surface area contributed by atoms with Crippen LogP contribution in [0.4, 0.5) is 10.1 Å². The molecular formula is C15H16FNO3S. The van der Waals surface area contributed by atoms with Crippen molar-refractivity contribution in [3.05, 3.63) is 65.5 Å². The van der Waals surface area contributed by atoms with Gasteiger partial charge in [0.2, 0.25) is 10.0 Å². The van der Waals surface area contributed by atoms with Crippen LogP contribution >= 0.6 is 0 Å². The molecule has 2 rings (SSSR count). The van der Waals surface area contributed by atoms with Gasteiger partial charge in [-0.15, -0.1) is 0 Å². The first-order chi connectivity index (χ1) is 9.92. The molecule has 0 heterocycles. The largest absolute Gasteiger partial charge is 0.392 e. The van der Waals surface area contributed by atoms with Gasteiger partial charge in [-0.05, 0) is 35.4 Å². The van der Waals surface area contributed by atoms with Crippen molar-refractivity contribution in [1.29, 1.82) is 0 Å². The van der Waals surface area contributed by atoms with E-state index in [-0.39, 0.29) is 12.4 Å². The highest BCUT2D eigenvalue weighted by atomic mass is 32.2. The lowest BCUT2D eigenvalue weighted by Gasteiger charge is -2.19. The van der Waals surface area contributed by atoms with Gasteiger partial charge in [0.1, 0.15) is 5.82 Å². The summed E-state index contributed by atoms with van der Waals surface area (Å²) in [5, 5.41) is 8.96. The molecule has 0 fully saturated rings. The Morgan fingerprint density at radius 1 is 1.00 bits per heavy atom. The van der Waals surface area contributed by atoms with E-state index >= 15 is 0 Å². The van der Waals surface area contributed by atoms with Crippen molar-refractivity contribution in [2.24, 2.45) is 0 Å². The van der Waals surface area contributed by atoms with Gasteiger partial charge in [0.15, 0.2) is 0 Å². The summed E-state index contributed by atoms with van der Waals surface area (Å²) >= 11 is 0. The molecule has 4 nitrogen and oxygen atoms in total. The molecule has 0 aromatic heterocycles. The fourth-order valence-electron chi connectivity index (χ4n) is 1.86. The highest BCUT2D eigenvalue weighted by molar-refractivity contribution is 7.92. The van der Waals surface area contributed by atoms with E-state index in [1.54, 1.807) is 24.3 Å². The predicted molar refractivity (Wildman–Crippen MR) is 79.8 cm³/mol. The highest BCUT2D eigenvalue weighted by Crippen LogP contribution is 2.19. The van der Waals surface area contributed by atoms with Crippen molar-refractivity contribution < 1.29 is 17.9 Å². The van der Waals surface area contributed by atoms with Gasteiger partial charge >= 0.3 is 0 Å². The molecule has 21 heavy (non-hydrogen) atoms. The van der Waals surface area contributed by atoms with Gasteiger partial charge in [-0.25, -0.2) is 12.8 Å². The Morgan fingerprint density at radius 3 is 2.05 bits per heavy atom. The second-order valence-corrected chi connectivity index (χ2v) is 6.67. The van der Waals surface area contributed by atoms with Crippen LogP contribution in [-0.2, 0) is 22.4 Å². The minimum atomic E-state index is -3.55. The smallest absolute Gasteiger partial charge is 0.239 e. The van der Waals surface area contributed by atoms with Gasteiger partial charge < -0.3 is 5.11 Å².